The summed E-state index contributed by atoms with van der Waals surface area (Å²) in [6.45, 7) is 6.16. The Kier molecular flexibility index (Phi) is 3.51. The molecule has 1 N–H and O–H groups in total. The van der Waals surface area contributed by atoms with Crippen molar-refractivity contribution in [3.05, 3.63) is 90.6 Å². The van der Waals surface area contributed by atoms with Crippen molar-refractivity contribution in [2.24, 2.45) is 0 Å². The van der Waals surface area contributed by atoms with E-state index in [0.29, 0.717) is 0 Å². The maximum absolute atomic E-state index is 4.11. The number of benzene rings is 3. The van der Waals surface area contributed by atoms with Crippen LogP contribution < -0.4 is 0 Å². The highest BCUT2D eigenvalue weighted by atomic mass is 15.0. The van der Waals surface area contributed by atoms with Crippen LogP contribution in [-0.2, 0) is 0 Å². The van der Waals surface area contributed by atoms with Gasteiger partial charge in [0.15, 0.2) is 0 Å². The maximum atomic E-state index is 4.11. The lowest BCUT2D eigenvalue weighted by Gasteiger charge is -2.10. The van der Waals surface area contributed by atoms with Crippen molar-refractivity contribution < 1.29 is 0 Å². The Bertz CT molecular complexity index is 1330. The molecule has 0 aliphatic rings. The minimum atomic E-state index is 1.15. The number of nitrogens with zero attached hydrogens (tertiary/aromatic N) is 1. The summed E-state index contributed by atoms with van der Waals surface area (Å²) in [5.74, 6) is 0. The molecular formula is C25H20N2. The molecule has 0 amide bonds. The number of allylic oxidation sites excluding steroid dienone is 1. The molecule has 5 aromatic rings. The van der Waals surface area contributed by atoms with Crippen LogP contribution in [0.15, 0.2) is 79.4 Å². The predicted molar refractivity (Wildman–Crippen MR) is 117 cm³/mol. The highest BCUT2D eigenvalue weighted by molar-refractivity contribution is 6.21. The maximum Gasteiger partial charge on any atom is 0.0641 e. The molecule has 0 aliphatic carbocycles. The number of H-pyrrole nitrogens is 1. The molecule has 5 rings (SSSR count). The Labute approximate surface area is 158 Å². The first-order valence-corrected chi connectivity index (χ1v) is 9.22. The monoisotopic (exact) mass is 348 g/mol. The van der Waals surface area contributed by atoms with Gasteiger partial charge in [0, 0.05) is 38.4 Å². The van der Waals surface area contributed by atoms with Crippen LogP contribution in [0.4, 0.5) is 0 Å². The summed E-state index contributed by atoms with van der Waals surface area (Å²) in [5.41, 5.74) is 7.01. The van der Waals surface area contributed by atoms with E-state index in [1.807, 2.05) is 6.08 Å². The van der Waals surface area contributed by atoms with Crippen molar-refractivity contribution in [1.82, 2.24) is 9.55 Å². The van der Waals surface area contributed by atoms with Crippen LogP contribution in [0.1, 0.15) is 18.2 Å². The second kappa shape index (κ2) is 6.03. The minimum Gasteiger partial charge on any atom is -0.354 e. The molecule has 0 aliphatic heterocycles. The van der Waals surface area contributed by atoms with Crippen molar-refractivity contribution in [2.45, 2.75) is 6.92 Å². The molecule has 2 heteroatoms. The van der Waals surface area contributed by atoms with Crippen molar-refractivity contribution in [2.75, 3.05) is 0 Å². The SMILES string of the molecule is C=Cc1c(/C=C\C)n(-c2ccccc2)c2c1ccc1[nH]c3ccccc3c12. The van der Waals surface area contributed by atoms with Crippen molar-refractivity contribution >= 4 is 44.9 Å². The number of para-hydroxylation sites is 2. The van der Waals surface area contributed by atoms with Gasteiger partial charge in [-0.1, -0.05) is 61.2 Å². The normalized spacial score (nSPS) is 11.9. The largest absolute Gasteiger partial charge is 0.354 e. The molecule has 0 saturated heterocycles. The van der Waals surface area contributed by atoms with Gasteiger partial charge in [-0.05, 0) is 37.3 Å². The number of hydrogen-bond donors (Lipinski definition) is 1. The Balaban J connectivity index is 2.09. The lowest BCUT2D eigenvalue weighted by Crippen LogP contribution is -1.97. The minimum absolute atomic E-state index is 1.15. The quantitative estimate of drug-likeness (QED) is 0.364. The molecule has 0 bridgehead atoms. The average molecular weight is 348 g/mol. The second-order valence-electron chi connectivity index (χ2n) is 6.73. The van der Waals surface area contributed by atoms with Crippen LogP contribution in [0.3, 0.4) is 0 Å². The summed E-state index contributed by atoms with van der Waals surface area (Å²) in [7, 11) is 0. The van der Waals surface area contributed by atoms with Crippen molar-refractivity contribution in [3.63, 3.8) is 0 Å². The molecule has 2 heterocycles. The summed E-state index contributed by atoms with van der Waals surface area (Å²) < 4.78 is 2.36. The van der Waals surface area contributed by atoms with Gasteiger partial charge in [0.1, 0.15) is 0 Å². The van der Waals surface area contributed by atoms with Gasteiger partial charge in [-0.2, -0.15) is 0 Å². The van der Waals surface area contributed by atoms with Gasteiger partial charge in [-0.15, -0.1) is 0 Å². The number of aromatic amines is 1. The Morgan fingerprint density at radius 2 is 1.63 bits per heavy atom. The van der Waals surface area contributed by atoms with Crippen molar-refractivity contribution in [3.8, 4) is 5.69 Å². The molecular weight excluding hydrogens is 328 g/mol. The van der Waals surface area contributed by atoms with Gasteiger partial charge in [0.25, 0.3) is 0 Å². The van der Waals surface area contributed by atoms with E-state index in [4.69, 9.17) is 0 Å². The number of rotatable bonds is 3. The number of fused-ring (bicyclic) bond motifs is 5. The van der Waals surface area contributed by atoms with E-state index in [-0.39, 0.29) is 0 Å². The van der Waals surface area contributed by atoms with Gasteiger partial charge < -0.3 is 9.55 Å². The topological polar surface area (TPSA) is 20.7 Å². The van der Waals surface area contributed by atoms with Gasteiger partial charge in [0.05, 0.1) is 11.2 Å². The highest BCUT2D eigenvalue weighted by Gasteiger charge is 2.19. The second-order valence-corrected chi connectivity index (χ2v) is 6.73. The van der Waals surface area contributed by atoms with Crippen LogP contribution >= 0.6 is 0 Å². The molecule has 0 saturated carbocycles. The standard InChI is InChI=1S/C25H20N2/c1-3-10-23-18(4-2)19-15-16-22-24(20-13-8-9-14-21(20)26-22)25(19)27(23)17-11-6-5-7-12-17/h3-16,26H,2H2,1H3/b10-3-. The highest BCUT2D eigenvalue weighted by Crippen LogP contribution is 2.39. The molecule has 2 nitrogen and oxygen atoms in total. The first-order valence-electron chi connectivity index (χ1n) is 9.22. The van der Waals surface area contributed by atoms with E-state index in [2.05, 4.69) is 102 Å². The fourth-order valence-corrected chi connectivity index (χ4v) is 4.13. The third kappa shape index (κ3) is 2.20. The van der Waals surface area contributed by atoms with Gasteiger partial charge in [-0.3, -0.25) is 0 Å². The fraction of sp³-hybridized carbons (Fsp3) is 0.0400. The zero-order chi connectivity index (χ0) is 18.4. The van der Waals surface area contributed by atoms with Crippen molar-refractivity contribution in [1.29, 1.82) is 0 Å². The molecule has 0 radical (unpaired) electrons. The third-order valence-corrected chi connectivity index (χ3v) is 5.22. The molecule has 130 valence electrons. The first kappa shape index (κ1) is 15.7. The Hall–Kier alpha value is -3.52. The van der Waals surface area contributed by atoms with Crippen LogP contribution in [0, 0.1) is 0 Å². The molecule has 3 aromatic carbocycles. The molecule has 0 spiro atoms. The summed E-state index contributed by atoms with van der Waals surface area (Å²) in [6.07, 6.45) is 6.23. The van der Waals surface area contributed by atoms with E-state index in [1.54, 1.807) is 0 Å². The third-order valence-electron chi connectivity index (χ3n) is 5.22. The molecule has 0 unspecified atom stereocenters. The zero-order valence-electron chi connectivity index (χ0n) is 15.2. The Morgan fingerprint density at radius 1 is 0.852 bits per heavy atom. The van der Waals surface area contributed by atoms with E-state index in [9.17, 15) is 0 Å². The number of hydrogen-bond acceptors (Lipinski definition) is 0. The summed E-state index contributed by atoms with van der Waals surface area (Å²) in [5, 5.41) is 3.72. The van der Waals surface area contributed by atoms with Gasteiger partial charge in [-0.25, -0.2) is 0 Å². The smallest absolute Gasteiger partial charge is 0.0641 e. The van der Waals surface area contributed by atoms with E-state index in [1.165, 1.54) is 27.2 Å². The Morgan fingerprint density at radius 3 is 2.41 bits per heavy atom. The molecule has 0 fully saturated rings. The summed E-state index contributed by atoms with van der Waals surface area (Å²) in [4.78, 5) is 3.57. The van der Waals surface area contributed by atoms with Crippen LogP contribution in [0.25, 0.3) is 50.5 Å². The predicted octanol–water partition coefficient (Wildman–Crippen LogP) is 6.94. The first-order chi connectivity index (χ1) is 13.3. The molecule has 27 heavy (non-hydrogen) atoms. The van der Waals surface area contributed by atoms with E-state index in [0.717, 1.165) is 22.4 Å². The summed E-state index contributed by atoms with van der Waals surface area (Å²) >= 11 is 0. The molecule has 0 atom stereocenters. The fourth-order valence-electron chi connectivity index (χ4n) is 4.13. The van der Waals surface area contributed by atoms with Gasteiger partial charge >= 0.3 is 0 Å². The molecule has 2 aromatic heterocycles. The van der Waals surface area contributed by atoms with E-state index >= 15 is 0 Å². The lowest BCUT2D eigenvalue weighted by molar-refractivity contribution is 1.11. The van der Waals surface area contributed by atoms with Gasteiger partial charge in [0.2, 0.25) is 0 Å². The average Bonchev–Trinajstić information content (AvgIpc) is 3.23. The number of aromatic nitrogens is 2. The number of nitrogens with one attached hydrogen (secondary N) is 1. The van der Waals surface area contributed by atoms with E-state index < -0.39 is 0 Å². The van der Waals surface area contributed by atoms with Crippen LogP contribution in [-0.4, -0.2) is 9.55 Å². The van der Waals surface area contributed by atoms with Crippen LogP contribution in [0.5, 0.6) is 0 Å². The van der Waals surface area contributed by atoms with Crippen LogP contribution in [0.2, 0.25) is 0 Å². The summed E-state index contributed by atoms with van der Waals surface area (Å²) in [6, 6.07) is 23.4. The zero-order valence-corrected chi connectivity index (χ0v) is 15.2. The lowest BCUT2D eigenvalue weighted by atomic mass is 10.1.